The molecular weight excluding hydrogens is 230 g/mol. The van der Waals surface area contributed by atoms with Crippen LogP contribution in [0.4, 0.5) is 0 Å². The highest BCUT2D eigenvalue weighted by atomic mass is 16.5. The molecule has 0 unspecified atom stereocenters. The van der Waals surface area contributed by atoms with Crippen molar-refractivity contribution in [3.63, 3.8) is 0 Å². The predicted octanol–water partition coefficient (Wildman–Crippen LogP) is 1.75. The maximum atomic E-state index is 11.3. The van der Waals surface area contributed by atoms with Crippen molar-refractivity contribution in [2.45, 2.75) is 26.2 Å². The van der Waals surface area contributed by atoms with Crippen LogP contribution in [0.2, 0.25) is 0 Å². The molecule has 4 heteroatoms. The Kier molecular flexibility index (Phi) is 6.36. The maximum absolute atomic E-state index is 11.3. The SMILES string of the molecule is C=C(C)C(=O)OCC[N+]1(CCOC)CCCCC1. The topological polar surface area (TPSA) is 35.5 Å². The molecular formula is C14H26NO3+. The molecule has 0 spiro atoms. The van der Waals surface area contributed by atoms with E-state index in [-0.39, 0.29) is 5.97 Å². The summed E-state index contributed by atoms with van der Waals surface area (Å²) in [7, 11) is 1.74. The second kappa shape index (κ2) is 7.54. The summed E-state index contributed by atoms with van der Waals surface area (Å²) in [6.45, 7) is 10.8. The fourth-order valence-corrected chi connectivity index (χ4v) is 2.48. The third-order valence-corrected chi connectivity index (χ3v) is 3.68. The van der Waals surface area contributed by atoms with Crippen LogP contribution in [0.1, 0.15) is 26.2 Å². The number of piperidine rings is 1. The van der Waals surface area contributed by atoms with Crippen molar-refractivity contribution in [1.29, 1.82) is 0 Å². The molecule has 0 saturated carbocycles. The lowest BCUT2D eigenvalue weighted by Gasteiger charge is -2.41. The summed E-state index contributed by atoms with van der Waals surface area (Å²) in [6.07, 6.45) is 3.84. The fourth-order valence-electron chi connectivity index (χ4n) is 2.48. The van der Waals surface area contributed by atoms with Crippen LogP contribution in [-0.4, -0.2) is 57.0 Å². The number of carbonyl (C=O) groups is 1. The van der Waals surface area contributed by atoms with Crippen molar-refractivity contribution in [2.24, 2.45) is 0 Å². The largest absolute Gasteiger partial charge is 0.456 e. The second-order valence-corrected chi connectivity index (χ2v) is 5.21. The Bertz CT molecular complexity index is 283. The van der Waals surface area contributed by atoms with Gasteiger partial charge in [-0.2, -0.15) is 0 Å². The van der Waals surface area contributed by atoms with E-state index in [1.165, 1.54) is 32.4 Å². The maximum Gasteiger partial charge on any atom is 0.333 e. The summed E-state index contributed by atoms with van der Waals surface area (Å²) in [4.78, 5) is 11.3. The van der Waals surface area contributed by atoms with Crippen LogP contribution in [-0.2, 0) is 14.3 Å². The molecule has 1 aliphatic rings. The van der Waals surface area contributed by atoms with Gasteiger partial charge in [0.2, 0.25) is 0 Å². The molecule has 1 heterocycles. The average Bonchev–Trinajstić information content (AvgIpc) is 2.37. The fraction of sp³-hybridized carbons (Fsp3) is 0.786. The van der Waals surface area contributed by atoms with Crippen LogP contribution in [0.25, 0.3) is 0 Å². The molecule has 104 valence electrons. The Balaban J connectivity index is 2.40. The molecule has 0 aliphatic carbocycles. The highest BCUT2D eigenvalue weighted by Gasteiger charge is 2.29. The number of nitrogens with zero attached hydrogens (tertiary/aromatic N) is 1. The van der Waals surface area contributed by atoms with E-state index in [9.17, 15) is 4.79 Å². The number of carbonyl (C=O) groups excluding carboxylic acids is 1. The predicted molar refractivity (Wildman–Crippen MR) is 71.2 cm³/mol. The number of esters is 1. The van der Waals surface area contributed by atoms with Gasteiger partial charge in [-0.1, -0.05) is 6.58 Å². The number of rotatable bonds is 7. The van der Waals surface area contributed by atoms with E-state index >= 15 is 0 Å². The lowest BCUT2D eigenvalue weighted by molar-refractivity contribution is -0.932. The second-order valence-electron chi connectivity index (χ2n) is 5.21. The van der Waals surface area contributed by atoms with Crippen molar-refractivity contribution < 1.29 is 18.8 Å². The summed E-state index contributed by atoms with van der Waals surface area (Å²) in [5, 5.41) is 0. The minimum absolute atomic E-state index is 0.281. The molecule has 0 aromatic heterocycles. The van der Waals surface area contributed by atoms with E-state index in [1.54, 1.807) is 14.0 Å². The van der Waals surface area contributed by atoms with Gasteiger partial charge >= 0.3 is 5.97 Å². The van der Waals surface area contributed by atoms with Gasteiger partial charge in [0, 0.05) is 12.7 Å². The highest BCUT2D eigenvalue weighted by Crippen LogP contribution is 2.18. The van der Waals surface area contributed by atoms with Gasteiger partial charge in [-0.25, -0.2) is 4.79 Å². The normalized spacial score (nSPS) is 18.3. The zero-order valence-corrected chi connectivity index (χ0v) is 11.7. The summed E-state index contributed by atoms with van der Waals surface area (Å²) < 4.78 is 11.4. The van der Waals surface area contributed by atoms with Crippen molar-refractivity contribution in [3.05, 3.63) is 12.2 Å². The van der Waals surface area contributed by atoms with E-state index in [2.05, 4.69) is 6.58 Å². The first kappa shape index (κ1) is 15.2. The van der Waals surface area contributed by atoms with E-state index in [1.807, 2.05) is 0 Å². The zero-order valence-electron chi connectivity index (χ0n) is 11.7. The van der Waals surface area contributed by atoms with Crippen LogP contribution in [0, 0.1) is 0 Å². The molecule has 0 atom stereocenters. The first-order valence-electron chi connectivity index (χ1n) is 6.76. The quantitative estimate of drug-likeness (QED) is 0.395. The van der Waals surface area contributed by atoms with E-state index in [0.717, 1.165) is 24.2 Å². The molecule has 1 aliphatic heterocycles. The van der Waals surface area contributed by atoms with Crippen molar-refractivity contribution in [1.82, 2.24) is 0 Å². The van der Waals surface area contributed by atoms with Gasteiger partial charge in [-0.3, -0.25) is 0 Å². The lowest BCUT2D eigenvalue weighted by atomic mass is 10.1. The van der Waals surface area contributed by atoms with Gasteiger partial charge in [0.25, 0.3) is 0 Å². The smallest absolute Gasteiger partial charge is 0.333 e. The lowest BCUT2D eigenvalue weighted by Crippen LogP contribution is -2.55. The van der Waals surface area contributed by atoms with Crippen LogP contribution in [0.15, 0.2) is 12.2 Å². The molecule has 1 rings (SSSR count). The molecule has 0 bridgehead atoms. The van der Waals surface area contributed by atoms with Gasteiger partial charge < -0.3 is 14.0 Å². The Labute approximate surface area is 110 Å². The Morgan fingerprint density at radius 1 is 1.17 bits per heavy atom. The molecule has 0 aromatic carbocycles. The van der Waals surface area contributed by atoms with Crippen molar-refractivity contribution >= 4 is 5.97 Å². The van der Waals surface area contributed by atoms with Crippen molar-refractivity contribution in [2.75, 3.05) is 46.5 Å². The van der Waals surface area contributed by atoms with Gasteiger partial charge in [0.05, 0.1) is 19.7 Å². The summed E-state index contributed by atoms with van der Waals surface area (Å²) in [5.41, 5.74) is 0.470. The van der Waals surface area contributed by atoms with E-state index in [0.29, 0.717) is 12.2 Å². The van der Waals surface area contributed by atoms with Crippen LogP contribution >= 0.6 is 0 Å². The van der Waals surface area contributed by atoms with E-state index < -0.39 is 0 Å². The molecule has 0 amide bonds. The molecule has 1 saturated heterocycles. The Morgan fingerprint density at radius 3 is 2.33 bits per heavy atom. The number of hydrogen-bond donors (Lipinski definition) is 0. The number of quaternary nitrogens is 1. The Morgan fingerprint density at radius 2 is 1.78 bits per heavy atom. The molecule has 4 nitrogen and oxygen atoms in total. The minimum atomic E-state index is -0.281. The van der Waals surface area contributed by atoms with Gasteiger partial charge in [-0.05, 0) is 26.2 Å². The van der Waals surface area contributed by atoms with Crippen LogP contribution in [0.5, 0.6) is 0 Å². The number of likely N-dealkylation sites (tertiary alicyclic amines) is 1. The van der Waals surface area contributed by atoms with E-state index in [4.69, 9.17) is 9.47 Å². The highest BCUT2D eigenvalue weighted by molar-refractivity contribution is 5.86. The van der Waals surface area contributed by atoms with Crippen molar-refractivity contribution in [3.8, 4) is 0 Å². The molecule has 0 N–H and O–H groups in total. The summed E-state index contributed by atoms with van der Waals surface area (Å²) in [6, 6.07) is 0. The molecule has 18 heavy (non-hydrogen) atoms. The third kappa shape index (κ3) is 4.78. The first-order valence-corrected chi connectivity index (χ1v) is 6.76. The zero-order chi connectivity index (χ0) is 13.4. The average molecular weight is 256 g/mol. The minimum Gasteiger partial charge on any atom is -0.456 e. The van der Waals surface area contributed by atoms with Crippen LogP contribution < -0.4 is 0 Å². The van der Waals surface area contributed by atoms with Gasteiger partial charge in [0.1, 0.15) is 19.7 Å². The molecule has 0 radical (unpaired) electrons. The number of hydrogen-bond acceptors (Lipinski definition) is 3. The van der Waals surface area contributed by atoms with Crippen LogP contribution in [0.3, 0.4) is 0 Å². The standard InChI is InChI=1S/C14H26NO3/c1-13(2)14(16)18-12-10-15(9-11-17-3)7-5-4-6-8-15/h1,4-12H2,2-3H3/q+1. The summed E-state index contributed by atoms with van der Waals surface area (Å²) >= 11 is 0. The monoisotopic (exact) mass is 256 g/mol. The molecule has 0 aromatic rings. The number of methoxy groups -OCH3 is 1. The number of ether oxygens (including phenoxy) is 2. The first-order chi connectivity index (χ1) is 8.59. The summed E-state index contributed by atoms with van der Waals surface area (Å²) in [5.74, 6) is -0.281. The van der Waals surface area contributed by atoms with Gasteiger partial charge in [0.15, 0.2) is 0 Å². The molecule has 1 fully saturated rings. The third-order valence-electron chi connectivity index (χ3n) is 3.68. The van der Waals surface area contributed by atoms with Gasteiger partial charge in [-0.15, -0.1) is 0 Å². The Hall–Kier alpha value is -0.870.